The highest BCUT2D eigenvalue weighted by Crippen LogP contribution is 2.35. The van der Waals surface area contributed by atoms with E-state index in [0.717, 1.165) is 10.0 Å². The fourth-order valence-electron chi connectivity index (χ4n) is 1.67. The van der Waals surface area contributed by atoms with Crippen molar-refractivity contribution in [3.63, 3.8) is 0 Å². The second-order valence-corrected chi connectivity index (χ2v) is 6.03. The summed E-state index contributed by atoms with van der Waals surface area (Å²) in [6, 6.07) is 4.78. The molecular formula is C13H18BrF2N. The molecule has 0 bridgehead atoms. The summed E-state index contributed by atoms with van der Waals surface area (Å²) < 4.78 is 28.1. The lowest BCUT2D eigenvalue weighted by Gasteiger charge is -2.23. The molecule has 4 heteroatoms. The first kappa shape index (κ1) is 14.6. The number of hydrogen-bond acceptors (Lipinski definition) is 1. The van der Waals surface area contributed by atoms with Crippen molar-refractivity contribution in [1.29, 1.82) is 0 Å². The minimum absolute atomic E-state index is 0.0340. The minimum atomic E-state index is -2.84. The van der Waals surface area contributed by atoms with Crippen LogP contribution in [0.25, 0.3) is 0 Å². The van der Waals surface area contributed by atoms with Gasteiger partial charge in [0.25, 0.3) is 5.92 Å². The van der Waals surface area contributed by atoms with E-state index in [9.17, 15) is 8.78 Å². The Labute approximate surface area is 110 Å². The van der Waals surface area contributed by atoms with Gasteiger partial charge in [-0.15, -0.1) is 0 Å². The first-order valence-electron chi connectivity index (χ1n) is 5.51. The van der Waals surface area contributed by atoms with Crippen LogP contribution in [0.2, 0.25) is 0 Å². The van der Waals surface area contributed by atoms with Gasteiger partial charge < -0.3 is 5.32 Å². The number of hydrogen-bond donors (Lipinski definition) is 1. The van der Waals surface area contributed by atoms with Gasteiger partial charge in [-0.25, -0.2) is 0 Å². The molecule has 1 aromatic rings. The van der Waals surface area contributed by atoms with Gasteiger partial charge in [0.15, 0.2) is 0 Å². The van der Waals surface area contributed by atoms with Crippen LogP contribution in [0.4, 0.5) is 8.78 Å². The van der Waals surface area contributed by atoms with Gasteiger partial charge in [0, 0.05) is 10.0 Å². The summed E-state index contributed by atoms with van der Waals surface area (Å²) in [6.07, 6.45) is 0. The molecule has 17 heavy (non-hydrogen) atoms. The van der Waals surface area contributed by atoms with E-state index in [1.165, 1.54) is 19.2 Å². The van der Waals surface area contributed by atoms with Crippen molar-refractivity contribution >= 4 is 15.9 Å². The number of benzene rings is 1. The molecule has 0 fully saturated rings. The molecule has 0 aliphatic heterocycles. The van der Waals surface area contributed by atoms with Crippen LogP contribution in [0.1, 0.15) is 31.9 Å². The maximum Gasteiger partial charge on any atom is 0.285 e. The molecule has 96 valence electrons. The summed E-state index contributed by atoms with van der Waals surface area (Å²) in [6.45, 7) is 5.81. The molecule has 1 rings (SSSR count). The highest BCUT2D eigenvalue weighted by atomic mass is 79.9. The minimum Gasteiger partial charge on any atom is -0.314 e. The van der Waals surface area contributed by atoms with Gasteiger partial charge in [-0.2, -0.15) is 8.78 Å². The summed E-state index contributed by atoms with van der Waals surface area (Å²) >= 11 is 3.37. The van der Waals surface area contributed by atoms with Crippen LogP contribution in [0.15, 0.2) is 22.7 Å². The van der Waals surface area contributed by atoms with Crippen molar-refractivity contribution in [2.24, 2.45) is 0 Å². The quantitative estimate of drug-likeness (QED) is 0.888. The van der Waals surface area contributed by atoms with E-state index in [-0.39, 0.29) is 17.5 Å². The fourth-order valence-corrected chi connectivity index (χ4v) is 2.65. The molecule has 0 saturated carbocycles. The second kappa shape index (κ2) is 5.02. The predicted molar refractivity (Wildman–Crippen MR) is 70.7 cm³/mol. The molecule has 1 N–H and O–H groups in total. The van der Waals surface area contributed by atoms with Gasteiger partial charge in [0.1, 0.15) is 0 Å². The molecule has 1 nitrogen and oxygen atoms in total. The van der Waals surface area contributed by atoms with Gasteiger partial charge >= 0.3 is 0 Å². The van der Waals surface area contributed by atoms with Crippen molar-refractivity contribution in [3.05, 3.63) is 33.8 Å². The van der Waals surface area contributed by atoms with Crippen LogP contribution >= 0.6 is 15.9 Å². The van der Waals surface area contributed by atoms with Crippen LogP contribution in [-0.4, -0.2) is 13.6 Å². The maximum atomic E-state index is 13.7. The molecule has 0 amide bonds. The highest BCUT2D eigenvalue weighted by molar-refractivity contribution is 9.10. The zero-order chi connectivity index (χ0) is 13.3. The van der Waals surface area contributed by atoms with Crippen LogP contribution in [-0.2, 0) is 11.3 Å². The zero-order valence-electron chi connectivity index (χ0n) is 10.6. The second-order valence-electron chi connectivity index (χ2n) is 5.18. The number of nitrogens with one attached hydrogen (secondary N) is 1. The molecule has 0 heterocycles. The van der Waals surface area contributed by atoms with Gasteiger partial charge in [0.2, 0.25) is 0 Å². The largest absolute Gasteiger partial charge is 0.314 e. The van der Waals surface area contributed by atoms with E-state index in [0.29, 0.717) is 0 Å². The normalized spacial score (nSPS) is 12.9. The third kappa shape index (κ3) is 3.49. The summed E-state index contributed by atoms with van der Waals surface area (Å²) in [7, 11) is 1.52. The standard InChI is InChI=1S/C13H18BrF2N/c1-12(2,3)10-6-5-9(7-11(10)14)13(15,16)8-17-4/h5-7,17H,8H2,1-4H3. The Morgan fingerprint density at radius 1 is 1.24 bits per heavy atom. The Morgan fingerprint density at radius 3 is 2.24 bits per heavy atom. The lowest BCUT2D eigenvalue weighted by atomic mass is 9.86. The fraction of sp³-hybridized carbons (Fsp3) is 0.538. The van der Waals surface area contributed by atoms with E-state index in [1.54, 1.807) is 6.07 Å². The van der Waals surface area contributed by atoms with Crippen LogP contribution in [0.5, 0.6) is 0 Å². The third-order valence-electron chi connectivity index (χ3n) is 2.60. The van der Waals surface area contributed by atoms with Crippen molar-refractivity contribution < 1.29 is 8.78 Å². The summed E-state index contributed by atoms with van der Waals surface area (Å²) in [5, 5.41) is 2.51. The lowest BCUT2D eigenvalue weighted by molar-refractivity contribution is -0.00134. The molecular weight excluding hydrogens is 288 g/mol. The molecule has 0 aromatic heterocycles. The summed E-state index contributed by atoms with van der Waals surface area (Å²) in [5.41, 5.74) is 1.00. The molecule has 0 atom stereocenters. The highest BCUT2D eigenvalue weighted by Gasteiger charge is 2.31. The number of alkyl halides is 2. The average Bonchev–Trinajstić information content (AvgIpc) is 2.15. The molecule has 0 saturated heterocycles. The van der Waals surface area contributed by atoms with Crippen molar-refractivity contribution in [2.75, 3.05) is 13.6 Å². The van der Waals surface area contributed by atoms with E-state index >= 15 is 0 Å². The number of likely N-dealkylation sites (N-methyl/N-ethyl adjacent to an activating group) is 1. The monoisotopic (exact) mass is 305 g/mol. The maximum absolute atomic E-state index is 13.7. The average molecular weight is 306 g/mol. The number of halogens is 3. The first-order chi connectivity index (χ1) is 7.68. The molecule has 0 unspecified atom stereocenters. The smallest absolute Gasteiger partial charge is 0.285 e. The van der Waals surface area contributed by atoms with Gasteiger partial charge in [-0.05, 0) is 24.1 Å². The molecule has 0 aliphatic rings. The van der Waals surface area contributed by atoms with Crippen molar-refractivity contribution in [3.8, 4) is 0 Å². The SMILES string of the molecule is CNCC(F)(F)c1ccc(C(C)(C)C)c(Br)c1. The van der Waals surface area contributed by atoms with Gasteiger partial charge in [-0.1, -0.05) is 48.8 Å². The predicted octanol–water partition coefficient (Wildman–Crippen LogP) is 4.06. The van der Waals surface area contributed by atoms with Crippen LogP contribution < -0.4 is 5.32 Å². The van der Waals surface area contributed by atoms with Crippen molar-refractivity contribution in [1.82, 2.24) is 5.32 Å². The Balaban J connectivity index is 3.13. The Hall–Kier alpha value is -0.480. The number of rotatable bonds is 3. The van der Waals surface area contributed by atoms with Crippen LogP contribution in [0.3, 0.4) is 0 Å². The molecule has 0 aliphatic carbocycles. The van der Waals surface area contributed by atoms with Gasteiger partial charge in [-0.3, -0.25) is 0 Å². The van der Waals surface area contributed by atoms with E-state index in [4.69, 9.17) is 0 Å². The Bertz CT molecular complexity index is 397. The van der Waals surface area contributed by atoms with E-state index in [2.05, 4.69) is 42.0 Å². The van der Waals surface area contributed by atoms with E-state index < -0.39 is 5.92 Å². The van der Waals surface area contributed by atoms with Crippen LogP contribution in [0, 0.1) is 0 Å². The summed E-state index contributed by atoms with van der Waals surface area (Å²) in [5.74, 6) is -2.84. The Morgan fingerprint density at radius 2 is 1.82 bits per heavy atom. The summed E-state index contributed by atoms with van der Waals surface area (Å²) in [4.78, 5) is 0. The zero-order valence-corrected chi connectivity index (χ0v) is 12.2. The lowest BCUT2D eigenvalue weighted by Crippen LogP contribution is -2.28. The third-order valence-corrected chi connectivity index (χ3v) is 3.25. The van der Waals surface area contributed by atoms with Gasteiger partial charge in [0.05, 0.1) is 6.54 Å². The Kier molecular flexibility index (Phi) is 4.31. The molecule has 0 radical (unpaired) electrons. The molecule has 0 spiro atoms. The topological polar surface area (TPSA) is 12.0 Å². The van der Waals surface area contributed by atoms with E-state index in [1.807, 2.05) is 0 Å². The first-order valence-corrected chi connectivity index (χ1v) is 6.31. The van der Waals surface area contributed by atoms with Crippen molar-refractivity contribution in [2.45, 2.75) is 32.1 Å². The molecule has 1 aromatic carbocycles.